The van der Waals surface area contributed by atoms with Gasteiger partial charge in [0.2, 0.25) is 5.55 Å². The number of fused-ring (bicyclic) bond motifs is 1. The van der Waals surface area contributed by atoms with E-state index in [0.717, 1.165) is 16.6 Å². The molecule has 0 spiro atoms. The molecule has 1 amide bonds. The number of rotatable bonds is 3. The molecule has 2 aromatic heterocycles. The lowest BCUT2D eigenvalue weighted by atomic mass is 10.1. The van der Waals surface area contributed by atoms with E-state index in [1.807, 2.05) is 61.5 Å². The summed E-state index contributed by atoms with van der Waals surface area (Å²) >= 11 is 0. The highest BCUT2D eigenvalue weighted by atomic mass is 16.3. The van der Waals surface area contributed by atoms with Crippen LogP contribution in [0.3, 0.4) is 0 Å². The maximum Gasteiger partial charge on any atom is 0.262 e. The van der Waals surface area contributed by atoms with Crippen LogP contribution in [0.15, 0.2) is 88.4 Å². The van der Waals surface area contributed by atoms with Gasteiger partial charge in [-0.25, -0.2) is 9.98 Å². The number of aromatic nitrogens is 1. The normalized spacial score (nSPS) is 11.5. The first-order valence-electron chi connectivity index (χ1n) is 8.56. The minimum absolute atomic E-state index is 0.261. The van der Waals surface area contributed by atoms with E-state index < -0.39 is 0 Å². The molecular weight excluding hydrogens is 338 g/mol. The SMILES string of the molecule is Cc1ccccc1N=c1oc2ccccc2cc1C(=O)Nc1ccccn1. The Labute approximate surface area is 156 Å². The summed E-state index contributed by atoms with van der Waals surface area (Å²) in [6, 6.07) is 22.4. The van der Waals surface area contributed by atoms with Crippen LogP contribution in [0, 0.1) is 6.92 Å². The lowest BCUT2D eigenvalue weighted by Gasteiger charge is -2.06. The first-order valence-corrected chi connectivity index (χ1v) is 8.56. The Morgan fingerprint density at radius 3 is 2.59 bits per heavy atom. The van der Waals surface area contributed by atoms with Crippen LogP contribution in [0.2, 0.25) is 0 Å². The third kappa shape index (κ3) is 3.62. The number of hydrogen-bond donors (Lipinski definition) is 1. The zero-order valence-electron chi connectivity index (χ0n) is 14.7. The number of para-hydroxylation sites is 2. The fraction of sp³-hybridized carbons (Fsp3) is 0.0455. The average Bonchev–Trinajstić information content (AvgIpc) is 2.70. The lowest BCUT2D eigenvalue weighted by Crippen LogP contribution is -2.22. The van der Waals surface area contributed by atoms with Crippen LogP contribution in [-0.4, -0.2) is 10.9 Å². The molecule has 0 unspecified atom stereocenters. The van der Waals surface area contributed by atoms with Crippen molar-refractivity contribution >= 4 is 28.4 Å². The molecule has 27 heavy (non-hydrogen) atoms. The van der Waals surface area contributed by atoms with Gasteiger partial charge < -0.3 is 9.73 Å². The average molecular weight is 355 g/mol. The largest absolute Gasteiger partial charge is 0.438 e. The van der Waals surface area contributed by atoms with Crippen molar-refractivity contribution in [1.29, 1.82) is 0 Å². The van der Waals surface area contributed by atoms with Crippen molar-refractivity contribution in [2.45, 2.75) is 6.92 Å². The van der Waals surface area contributed by atoms with Gasteiger partial charge in [0.15, 0.2) is 0 Å². The van der Waals surface area contributed by atoms with Gasteiger partial charge in [-0.05, 0) is 42.8 Å². The van der Waals surface area contributed by atoms with E-state index in [0.29, 0.717) is 17.0 Å². The third-order valence-corrected chi connectivity index (χ3v) is 4.14. The van der Waals surface area contributed by atoms with Crippen LogP contribution < -0.4 is 10.9 Å². The highest BCUT2D eigenvalue weighted by molar-refractivity contribution is 6.04. The molecule has 0 fully saturated rings. The number of aryl methyl sites for hydroxylation is 1. The van der Waals surface area contributed by atoms with E-state index >= 15 is 0 Å². The topological polar surface area (TPSA) is 67.5 Å². The Bertz CT molecular complexity index is 1180. The van der Waals surface area contributed by atoms with Crippen LogP contribution in [0.5, 0.6) is 0 Å². The summed E-state index contributed by atoms with van der Waals surface area (Å²) < 4.78 is 5.96. The van der Waals surface area contributed by atoms with E-state index in [1.165, 1.54) is 0 Å². The van der Waals surface area contributed by atoms with Crippen molar-refractivity contribution in [3.05, 3.63) is 95.7 Å². The summed E-state index contributed by atoms with van der Waals surface area (Å²) in [5, 5.41) is 3.62. The second-order valence-electron chi connectivity index (χ2n) is 6.07. The molecule has 4 aromatic rings. The van der Waals surface area contributed by atoms with Gasteiger partial charge in [-0.3, -0.25) is 4.79 Å². The number of anilines is 1. The minimum atomic E-state index is -0.324. The third-order valence-electron chi connectivity index (χ3n) is 4.14. The van der Waals surface area contributed by atoms with Gasteiger partial charge in [-0.2, -0.15) is 0 Å². The molecule has 2 heterocycles. The summed E-state index contributed by atoms with van der Waals surface area (Å²) in [4.78, 5) is 21.6. The Balaban J connectivity index is 1.87. The van der Waals surface area contributed by atoms with Crippen LogP contribution in [0.4, 0.5) is 11.5 Å². The van der Waals surface area contributed by atoms with E-state index in [1.54, 1.807) is 24.4 Å². The Morgan fingerprint density at radius 1 is 1.00 bits per heavy atom. The molecule has 0 atom stereocenters. The second kappa shape index (κ2) is 7.25. The first kappa shape index (κ1) is 16.7. The molecule has 4 rings (SSSR count). The quantitative estimate of drug-likeness (QED) is 0.583. The number of nitrogens with zero attached hydrogens (tertiary/aromatic N) is 2. The van der Waals surface area contributed by atoms with Gasteiger partial charge in [-0.1, -0.05) is 42.5 Å². The van der Waals surface area contributed by atoms with Gasteiger partial charge in [0.1, 0.15) is 17.0 Å². The number of pyridine rings is 1. The van der Waals surface area contributed by atoms with E-state index in [-0.39, 0.29) is 11.5 Å². The van der Waals surface area contributed by atoms with Crippen molar-refractivity contribution in [1.82, 2.24) is 4.98 Å². The molecule has 5 nitrogen and oxygen atoms in total. The van der Waals surface area contributed by atoms with E-state index in [4.69, 9.17) is 4.42 Å². The number of carbonyl (C=O) groups is 1. The summed E-state index contributed by atoms with van der Waals surface area (Å²) in [5.74, 6) is 0.146. The smallest absolute Gasteiger partial charge is 0.262 e. The van der Waals surface area contributed by atoms with Crippen LogP contribution >= 0.6 is 0 Å². The Morgan fingerprint density at radius 2 is 1.78 bits per heavy atom. The molecule has 5 heteroatoms. The summed E-state index contributed by atoms with van der Waals surface area (Å²) in [5.41, 5.74) is 3.03. The Hall–Kier alpha value is -3.73. The molecule has 1 N–H and O–H groups in total. The molecule has 0 radical (unpaired) electrons. The van der Waals surface area contributed by atoms with Gasteiger partial charge in [0, 0.05) is 11.6 Å². The number of nitrogens with one attached hydrogen (secondary N) is 1. The minimum Gasteiger partial charge on any atom is -0.438 e. The molecule has 0 aliphatic carbocycles. The molecule has 0 aliphatic heterocycles. The highest BCUT2D eigenvalue weighted by Crippen LogP contribution is 2.18. The van der Waals surface area contributed by atoms with Crippen molar-refractivity contribution in [3.63, 3.8) is 0 Å². The van der Waals surface area contributed by atoms with Gasteiger partial charge in [0.25, 0.3) is 5.91 Å². The lowest BCUT2D eigenvalue weighted by molar-refractivity contribution is 0.102. The predicted molar refractivity (Wildman–Crippen MR) is 105 cm³/mol. The van der Waals surface area contributed by atoms with Crippen molar-refractivity contribution in [2.24, 2.45) is 4.99 Å². The predicted octanol–water partition coefficient (Wildman–Crippen LogP) is 4.62. The van der Waals surface area contributed by atoms with Crippen molar-refractivity contribution in [3.8, 4) is 0 Å². The first-order chi connectivity index (χ1) is 13.2. The molecule has 2 aromatic carbocycles. The van der Waals surface area contributed by atoms with Gasteiger partial charge in [0.05, 0.1) is 5.69 Å². The second-order valence-corrected chi connectivity index (χ2v) is 6.07. The monoisotopic (exact) mass is 355 g/mol. The van der Waals surface area contributed by atoms with Crippen molar-refractivity contribution < 1.29 is 9.21 Å². The molecule has 0 bridgehead atoms. The zero-order valence-corrected chi connectivity index (χ0v) is 14.7. The van der Waals surface area contributed by atoms with Crippen molar-refractivity contribution in [2.75, 3.05) is 5.32 Å². The standard InChI is InChI=1S/C22H17N3O2/c1-15-8-2-4-10-18(15)24-22-17(14-16-9-3-5-11-19(16)27-22)21(26)25-20-12-6-7-13-23-20/h2-14H,1H3,(H,23,25,26). The maximum atomic E-state index is 12.9. The molecule has 0 aliphatic rings. The summed E-state index contributed by atoms with van der Waals surface area (Å²) in [7, 11) is 0. The van der Waals surface area contributed by atoms with Crippen LogP contribution in [0.25, 0.3) is 11.0 Å². The number of benzene rings is 2. The number of hydrogen-bond acceptors (Lipinski definition) is 4. The summed E-state index contributed by atoms with van der Waals surface area (Å²) in [6.45, 7) is 1.97. The molecule has 0 saturated heterocycles. The van der Waals surface area contributed by atoms with Gasteiger partial charge in [-0.15, -0.1) is 0 Å². The number of amides is 1. The highest BCUT2D eigenvalue weighted by Gasteiger charge is 2.13. The molecule has 132 valence electrons. The van der Waals surface area contributed by atoms with Gasteiger partial charge >= 0.3 is 0 Å². The van der Waals surface area contributed by atoms with Crippen LogP contribution in [-0.2, 0) is 0 Å². The Kier molecular flexibility index (Phi) is 4.49. The van der Waals surface area contributed by atoms with Crippen LogP contribution in [0.1, 0.15) is 15.9 Å². The molecular formula is C22H17N3O2. The summed E-state index contributed by atoms with van der Waals surface area (Å²) in [6.07, 6.45) is 1.62. The zero-order chi connectivity index (χ0) is 18.6. The maximum absolute atomic E-state index is 12.9. The number of carbonyl (C=O) groups excluding carboxylic acids is 1. The van der Waals surface area contributed by atoms with E-state index in [9.17, 15) is 4.79 Å². The fourth-order valence-corrected chi connectivity index (χ4v) is 2.73. The van der Waals surface area contributed by atoms with E-state index in [2.05, 4.69) is 15.3 Å². The molecule has 0 saturated carbocycles. The fourth-order valence-electron chi connectivity index (χ4n) is 2.73.